The smallest absolute Gasteiger partial charge is 0.257 e. The van der Waals surface area contributed by atoms with Crippen molar-refractivity contribution in [2.75, 3.05) is 19.6 Å². The number of nitrogens with two attached hydrogens (primary N) is 1. The highest BCUT2D eigenvalue weighted by Gasteiger charge is 2.20. The third-order valence-corrected chi connectivity index (χ3v) is 3.07. The fourth-order valence-electron chi connectivity index (χ4n) is 1.95. The monoisotopic (exact) mass is 252 g/mol. The molecule has 5 heteroatoms. The van der Waals surface area contributed by atoms with E-state index in [1.165, 1.54) is 0 Å². The second kappa shape index (κ2) is 6.54. The summed E-state index contributed by atoms with van der Waals surface area (Å²) in [4.78, 5) is 14.3. The van der Waals surface area contributed by atoms with E-state index >= 15 is 0 Å². The number of hydrogen-bond donors (Lipinski definition) is 1. The number of hydrogen-bond acceptors (Lipinski definition) is 3. The van der Waals surface area contributed by atoms with Crippen LogP contribution in [0, 0.1) is 5.92 Å². The summed E-state index contributed by atoms with van der Waals surface area (Å²) in [5.74, 6) is 0.374. The topological polar surface area (TPSA) is 64.2 Å². The number of nitrogens with zero attached hydrogens (tertiary/aromatic N) is 3. The Morgan fingerprint density at radius 3 is 2.72 bits per heavy atom. The van der Waals surface area contributed by atoms with E-state index in [0.717, 1.165) is 12.1 Å². The summed E-state index contributed by atoms with van der Waals surface area (Å²) in [5.41, 5.74) is 7.20. The van der Waals surface area contributed by atoms with Crippen molar-refractivity contribution in [1.29, 1.82) is 0 Å². The fraction of sp³-hybridized carbons (Fsp3) is 0.692. The molecule has 0 saturated heterocycles. The maximum Gasteiger partial charge on any atom is 0.257 e. The molecule has 0 aliphatic rings. The van der Waals surface area contributed by atoms with Gasteiger partial charge in [-0.2, -0.15) is 5.10 Å². The van der Waals surface area contributed by atoms with E-state index in [9.17, 15) is 4.79 Å². The molecule has 0 saturated carbocycles. The van der Waals surface area contributed by atoms with Crippen molar-refractivity contribution in [3.05, 3.63) is 17.5 Å². The van der Waals surface area contributed by atoms with Gasteiger partial charge in [0, 0.05) is 26.3 Å². The Balaban J connectivity index is 2.89. The lowest BCUT2D eigenvalue weighted by Gasteiger charge is -2.23. The van der Waals surface area contributed by atoms with Gasteiger partial charge < -0.3 is 10.6 Å². The molecule has 1 atom stereocenters. The van der Waals surface area contributed by atoms with Crippen molar-refractivity contribution >= 4 is 5.91 Å². The number of carbonyl (C=O) groups is 1. The van der Waals surface area contributed by atoms with Gasteiger partial charge >= 0.3 is 0 Å². The Morgan fingerprint density at radius 2 is 2.22 bits per heavy atom. The van der Waals surface area contributed by atoms with Crippen LogP contribution in [0.2, 0.25) is 0 Å². The van der Waals surface area contributed by atoms with Crippen molar-refractivity contribution in [1.82, 2.24) is 14.7 Å². The molecular formula is C13H24N4O. The highest BCUT2D eigenvalue weighted by Crippen LogP contribution is 2.12. The second-order valence-electron chi connectivity index (χ2n) is 4.70. The zero-order valence-electron chi connectivity index (χ0n) is 11.8. The first-order chi connectivity index (χ1) is 8.53. The number of amides is 1. The molecule has 1 aromatic heterocycles. The Morgan fingerprint density at radius 1 is 1.56 bits per heavy atom. The largest absolute Gasteiger partial charge is 0.339 e. The molecule has 2 N–H and O–H groups in total. The van der Waals surface area contributed by atoms with E-state index in [1.54, 1.807) is 10.9 Å². The van der Waals surface area contributed by atoms with Crippen LogP contribution in [0.4, 0.5) is 0 Å². The Kier molecular flexibility index (Phi) is 5.34. The minimum atomic E-state index is 0.0581. The predicted molar refractivity (Wildman–Crippen MR) is 72.4 cm³/mol. The summed E-state index contributed by atoms with van der Waals surface area (Å²) in [7, 11) is 1.84. The molecule has 0 aromatic carbocycles. The molecule has 5 nitrogen and oxygen atoms in total. The average molecular weight is 252 g/mol. The van der Waals surface area contributed by atoms with Crippen LogP contribution in [0.25, 0.3) is 0 Å². The molecule has 0 bridgehead atoms. The van der Waals surface area contributed by atoms with Gasteiger partial charge in [0.2, 0.25) is 0 Å². The van der Waals surface area contributed by atoms with E-state index in [0.29, 0.717) is 31.1 Å². The van der Waals surface area contributed by atoms with Gasteiger partial charge in [-0.05, 0) is 25.8 Å². The van der Waals surface area contributed by atoms with Crippen LogP contribution >= 0.6 is 0 Å². The van der Waals surface area contributed by atoms with E-state index in [1.807, 2.05) is 25.8 Å². The maximum atomic E-state index is 12.5. The Labute approximate surface area is 109 Å². The van der Waals surface area contributed by atoms with Crippen molar-refractivity contribution in [2.45, 2.75) is 27.2 Å². The minimum Gasteiger partial charge on any atom is -0.339 e. The number of carbonyl (C=O) groups excluding carboxylic acids is 1. The average Bonchev–Trinajstić information content (AvgIpc) is 2.75. The number of rotatable bonds is 6. The van der Waals surface area contributed by atoms with Crippen LogP contribution in [0.5, 0.6) is 0 Å². The number of aromatic nitrogens is 2. The standard InChI is InChI=1S/C13H24N4O/c1-5-12-11(9-16(4)15-12)13(18)17(6-2)8-10(3)7-14/h9-10H,5-8,14H2,1-4H3. The molecule has 102 valence electrons. The molecule has 1 unspecified atom stereocenters. The highest BCUT2D eigenvalue weighted by atomic mass is 16.2. The van der Waals surface area contributed by atoms with E-state index in [-0.39, 0.29) is 5.91 Å². The second-order valence-corrected chi connectivity index (χ2v) is 4.70. The summed E-state index contributed by atoms with van der Waals surface area (Å²) in [6.07, 6.45) is 2.57. The molecule has 0 aliphatic carbocycles. The third kappa shape index (κ3) is 3.32. The summed E-state index contributed by atoms with van der Waals surface area (Å²) in [6.45, 7) is 8.05. The first-order valence-corrected chi connectivity index (χ1v) is 6.55. The number of aryl methyl sites for hydroxylation is 2. The van der Waals surface area contributed by atoms with Crippen LogP contribution in [-0.2, 0) is 13.5 Å². The normalized spacial score (nSPS) is 12.5. The Bertz CT molecular complexity index is 400. The van der Waals surface area contributed by atoms with E-state index in [2.05, 4.69) is 12.0 Å². The van der Waals surface area contributed by atoms with Gasteiger partial charge in [0.25, 0.3) is 5.91 Å². The lowest BCUT2D eigenvalue weighted by atomic mass is 10.1. The van der Waals surface area contributed by atoms with Crippen LogP contribution in [0.3, 0.4) is 0 Å². The molecule has 1 rings (SSSR count). The van der Waals surface area contributed by atoms with Gasteiger partial charge in [-0.1, -0.05) is 13.8 Å². The zero-order valence-corrected chi connectivity index (χ0v) is 11.8. The van der Waals surface area contributed by atoms with Crippen molar-refractivity contribution in [3.8, 4) is 0 Å². The molecule has 0 aliphatic heterocycles. The molecule has 0 spiro atoms. The third-order valence-electron chi connectivity index (χ3n) is 3.07. The van der Waals surface area contributed by atoms with Crippen LogP contribution in [0.1, 0.15) is 36.8 Å². The van der Waals surface area contributed by atoms with Crippen LogP contribution in [-0.4, -0.2) is 40.2 Å². The van der Waals surface area contributed by atoms with Gasteiger partial charge in [0.1, 0.15) is 0 Å². The van der Waals surface area contributed by atoms with Gasteiger partial charge in [-0.25, -0.2) is 0 Å². The van der Waals surface area contributed by atoms with E-state index in [4.69, 9.17) is 5.73 Å². The lowest BCUT2D eigenvalue weighted by Crippen LogP contribution is -2.36. The molecule has 0 radical (unpaired) electrons. The summed E-state index contributed by atoms with van der Waals surface area (Å²) in [5, 5.41) is 4.31. The van der Waals surface area contributed by atoms with E-state index < -0.39 is 0 Å². The summed E-state index contributed by atoms with van der Waals surface area (Å²) < 4.78 is 1.70. The van der Waals surface area contributed by atoms with Crippen molar-refractivity contribution in [3.63, 3.8) is 0 Å². The fourth-order valence-corrected chi connectivity index (χ4v) is 1.95. The van der Waals surface area contributed by atoms with Crippen LogP contribution in [0.15, 0.2) is 6.20 Å². The van der Waals surface area contributed by atoms with Gasteiger partial charge in [0.05, 0.1) is 11.3 Å². The first kappa shape index (κ1) is 14.7. The highest BCUT2D eigenvalue weighted by molar-refractivity contribution is 5.95. The molecule has 0 fully saturated rings. The maximum absolute atomic E-state index is 12.5. The zero-order chi connectivity index (χ0) is 13.7. The SMILES string of the molecule is CCc1nn(C)cc1C(=O)N(CC)CC(C)CN. The summed E-state index contributed by atoms with van der Waals surface area (Å²) in [6, 6.07) is 0. The van der Waals surface area contributed by atoms with Gasteiger partial charge in [-0.15, -0.1) is 0 Å². The predicted octanol–water partition coefficient (Wildman–Crippen LogP) is 1.04. The molecular weight excluding hydrogens is 228 g/mol. The van der Waals surface area contributed by atoms with Crippen molar-refractivity contribution < 1.29 is 4.79 Å². The Hall–Kier alpha value is -1.36. The van der Waals surface area contributed by atoms with Gasteiger partial charge in [-0.3, -0.25) is 9.48 Å². The van der Waals surface area contributed by atoms with Gasteiger partial charge in [0.15, 0.2) is 0 Å². The van der Waals surface area contributed by atoms with Crippen LogP contribution < -0.4 is 5.73 Å². The quantitative estimate of drug-likeness (QED) is 0.822. The molecule has 1 aromatic rings. The lowest BCUT2D eigenvalue weighted by molar-refractivity contribution is 0.0742. The van der Waals surface area contributed by atoms with Crippen molar-refractivity contribution in [2.24, 2.45) is 18.7 Å². The molecule has 1 heterocycles. The summed E-state index contributed by atoms with van der Waals surface area (Å²) >= 11 is 0. The first-order valence-electron chi connectivity index (χ1n) is 6.55. The minimum absolute atomic E-state index is 0.0581. The molecule has 18 heavy (non-hydrogen) atoms. The molecule has 1 amide bonds.